The van der Waals surface area contributed by atoms with Crippen LogP contribution in [0.4, 0.5) is 8.78 Å². The molecule has 1 aromatic heterocycles. The van der Waals surface area contributed by atoms with E-state index in [4.69, 9.17) is 4.74 Å². The summed E-state index contributed by atoms with van der Waals surface area (Å²) in [6.45, 7) is 5.85. The zero-order valence-electron chi connectivity index (χ0n) is 19.8. The third-order valence-electron chi connectivity index (χ3n) is 7.01. The number of rotatable bonds is 7. The Kier molecular flexibility index (Phi) is 6.88. The minimum Gasteiger partial charge on any atom is -0.494 e. The van der Waals surface area contributed by atoms with Crippen molar-refractivity contribution >= 4 is 5.78 Å². The first-order valence-electron chi connectivity index (χ1n) is 12.1. The van der Waals surface area contributed by atoms with Gasteiger partial charge in [-0.3, -0.25) is 9.78 Å². The molecule has 2 heterocycles. The number of nitrogens with zero attached hydrogens (tertiary/aromatic N) is 3. The van der Waals surface area contributed by atoms with Gasteiger partial charge in [-0.1, -0.05) is 12.1 Å². The van der Waals surface area contributed by atoms with Crippen LogP contribution in [0, 0.1) is 11.6 Å². The summed E-state index contributed by atoms with van der Waals surface area (Å²) >= 11 is 0. The molecule has 2 aliphatic rings. The van der Waals surface area contributed by atoms with Crippen LogP contribution in [0.3, 0.4) is 0 Å². The van der Waals surface area contributed by atoms with Gasteiger partial charge in [0, 0.05) is 62.7 Å². The smallest absolute Gasteiger partial charge is 0.171 e. The number of likely N-dealkylation sites (N-methyl/N-ethyl adjacent to an activating group) is 1. The lowest BCUT2D eigenvalue weighted by Crippen LogP contribution is -2.44. The van der Waals surface area contributed by atoms with Gasteiger partial charge in [-0.05, 0) is 60.5 Å². The van der Waals surface area contributed by atoms with E-state index in [1.165, 1.54) is 12.1 Å². The van der Waals surface area contributed by atoms with Gasteiger partial charge < -0.3 is 14.5 Å². The van der Waals surface area contributed by atoms with Gasteiger partial charge in [0.15, 0.2) is 5.78 Å². The molecule has 5 nitrogen and oxygen atoms in total. The molecule has 3 aromatic rings. The number of halogens is 2. The van der Waals surface area contributed by atoms with Crippen LogP contribution in [-0.2, 0) is 0 Å². The number of carbonyl (C=O) groups excluding carboxylic acids is 1. The van der Waals surface area contributed by atoms with E-state index in [9.17, 15) is 13.6 Å². The number of pyridine rings is 1. The van der Waals surface area contributed by atoms with Gasteiger partial charge in [-0.2, -0.15) is 0 Å². The number of benzene rings is 2. The van der Waals surface area contributed by atoms with Gasteiger partial charge in [0.1, 0.15) is 17.4 Å². The fourth-order valence-electron chi connectivity index (χ4n) is 5.19. The summed E-state index contributed by atoms with van der Waals surface area (Å²) in [6.07, 6.45) is 4.19. The van der Waals surface area contributed by atoms with Crippen molar-refractivity contribution in [3.8, 4) is 5.75 Å². The quantitative estimate of drug-likeness (QED) is 0.470. The number of piperazine rings is 1. The number of fused-ring (bicyclic) bond motifs is 1. The average Bonchev–Trinajstić information content (AvgIpc) is 3.15. The first-order chi connectivity index (χ1) is 17.0. The molecule has 35 heavy (non-hydrogen) atoms. The number of ketones is 1. The number of ether oxygens (including phenoxy) is 1. The second-order valence-corrected chi connectivity index (χ2v) is 9.40. The molecular formula is C28H29F2N3O2. The van der Waals surface area contributed by atoms with Crippen LogP contribution in [0.1, 0.15) is 45.3 Å². The van der Waals surface area contributed by atoms with Crippen molar-refractivity contribution in [3.05, 3.63) is 94.8 Å². The van der Waals surface area contributed by atoms with Crippen LogP contribution in [-0.4, -0.2) is 66.9 Å². The molecule has 2 aromatic carbocycles. The van der Waals surface area contributed by atoms with Gasteiger partial charge in [0.05, 0.1) is 12.5 Å². The minimum atomic E-state index is -0.661. The fourth-order valence-corrected chi connectivity index (χ4v) is 5.19. The molecule has 0 bridgehead atoms. The van der Waals surface area contributed by atoms with E-state index in [0.29, 0.717) is 23.5 Å². The maximum absolute atomic E-state index is 14.1. The highest BCUT2D eigenvalue weighted by Crippen LogP contribution is 2.48. The first-order valence-corrected chi connectivity index (χ1v) is 12.1. The Bertz CT molecular complexity index is 1180. The number of hydrogen-bond donors (Lipinski definition) is 0. The maximum Gasteiger partial charge on any atom is 0.171 e. The molecule has 1 fully saturated rings. The van der Waals surface area contributed by atoms with Crippen LogP contribution in [0.25, 0.3) is 0 Å². The molecule has 0 saturated carbocycles. The lowest BCUT2D eigenvalue weighted by molar-refractivity contribution is 0.0967. The molecule has 0 N–H and O–H groups in total. The summed E-state index contributed by atoms with van der Waals surface area (Å²) in [5, 5.41) is 0. The van der Waals surface area contributed by atoms with Crippen molar-refractivity contribution in [2.75, 3.05) is 46.4 Å². The predicted octanol–water partition coefficient (Wildman–Crippen LogP) is 4.49. The highest BCUT2D eigenvalue weighted by molar-refractivity contribution is 6.07. The van der Waals surface area contributed by atoms with E-state index in [0.717, 1.165) is 56.3 Å². The normalized spacial score (nSPS) is 20.7. The summed E-state index contributed by atoms with van der Waals surface area (Å²) in [6, 6.07) is 12.5. The Morgan fingerprint density at radius 3 is 2.46 bits per heavy atom. The number of carbonyl (C=O) groups is 1. The molecule has 5 rings (SSSR count). The van der Waals surface area contributed by atoms with E-state index in [2.05, 4.69) is 21.8 Å². The van der Waals surface area contributed by atoms with Gasteiger partial charge >= 0.3 is 0 Å². The Morgan fingerprint density at radius 1 is 0.971 bits per heavy atom. The number of aromatic nitrogens is 1. The van der Waals surface area contributed by atoms with Crippen molar-refractivity contribution in [3.63, 3.8) is 0 Å². The molecule has 7 heteroatoms. The van der Waals surface area contributed by atoms with E-state index in [-0.39, 0.29) is 5.78 Å². The molecule has 2 unspecified atom stereocenters. The van der Waals surface area contributed by atoms with Crippen molar-refractivity contribution in [2.45, 2.75) is 18.3 Å². The SMILES string of the molecule is CN1CCN(CCCOc2ccc3c(c2)C(=O)C(c2cccnc2)C3c2cc(F)cc(F)c2)CC1. The summed E-state index contributed by atoms with van der Waals surface area (Å²) < 4.78 is 34.2. The lowest BCUT2D eigenvalue weighted by Gasteiger charge is -2.32. The molecule has 1 aliphatic carbocycles. The highest BCUT2D eigenvalue weighted by atomic mass is 19.1. The highest BCUT2D eigenvalue weighted by Gasteiger charge is 2.42. The van der Waals surface area contributed by atoms with E-state index in [1.807, 2.05) is 18.2 Å². The molecule has 1 saturated heterocycles. The van der Waals surface area contributed by atoms with Crippen molar-refractivity contribution in [1.29, 1.82) is 0 Å². The van der Waals surface area contributed by atoms with Crippen LogP contribution in [0.15, 0.2) is 60.9 Å². The van der Waals surface area contributed by atoms with Crippen LogP contribution in [0.5, 0.6) is 5.75 Å². The summed E-state index contributed by atoms with van der Waals surface area (Å²) in [5.74, 6) is -1.89. The Morgan fingerprint density at radius 2 is 1.74 bits per heavy atom. The second kappa shape index (κ2) is 10.2. The molecule has 0 spiro atoms. The van der Waals surface area contributed by atoms with E-state index in [1.54, 1.807) is 24.5 Å². The monoisotopic (exact) mass is 477 g/mol. The molecule has 1 aliphatic heterocycles. The van der Waals surface area contributed by atoms with E-state index >= 15 is 0 Å². The van der Waals surface area contributed by atoms with Crippen LogP contribution < -0.4 is 4.74 Å². The molecule has 0 amide bonds. The van der Waals surface area contributed by atoms with Crippen molar-refractivity contribution < 1.29 is 18.3 Å². The van der Waals surface area contributed by atoms with Gasteiger partial charge in [0.2, 0.25) is 0 Å². The van der Waals surface area contributed by atoms with Gasteiger partial charge in [-0.15, -0.1) is 0 Å². The Balaban J connectivity index is 1.36. The summed E-state index contributed by atoms with van der Waals surface area (Å²) in [4.78, 5) is 22.5. The maximum atomic E-state index is 14.1. The second-order valence-electron chi connectivity index (χ2n) is 9.40. The van der Waals surface area contributed by atoms with Gasteiger partial charge in [0.25, 0.3) is 0 Å². The Labute approximate surface area is 204 Å². The fraction of sp³-hybridized carbons (Fsp3) is 0.357. The van der Waals surface area contributed by atoms with Crippen molar-refractivity contribution in [2.24, 2.45) is 0 Å². The summed E-state index contributed by atoms with van der Waals surface area (Å²) in [7, 11) is 2.14. The van der Waals surface area contributed by atoms with Crippen LogP contribution >= 0.6 is 0 Å². The number of Topliss-reactive ketones (excluding diaryl/α,β-unsaturated/α-hetero) is 1. The third kappa shape index (κ3) is 5.11. The zero-order valence-corrected chi connectivity index (χ0v) is 19.8. The molecular weight excluding hydrogens is 448 g/mol. The predicted molar refractivity (Wildman–Crippen MR) is 130 cm³/mol. The van der Waals surface area contributed by atoms with Crippen molar-refractivity contribution in [1.82, 2.24) is 14.8 Å². The van der Waals surface area contributed by atoms with Gasteiger partial charge in [-0.25, -0.2) is 8.78 Å². The first kappa shape index (κ1) is 23.6. The molecule has 2 atom stereocenters. The standard InChI is InChI=1S/C28H29F2N3O2/c1-32-9-11-33(12-10-32)8-3-13-35-23-5-6-24-25(17-23)28(34)27(19-4-2-7-31-18-19)26(24)20-14-21(29)16-22(30)15-20/h2,4-7,14-18,26-27H,3,8-13H2,1H3. The zero-order chi connectivity index (χ0) is 24.4. The lowest BCUT2D eigenvalue weighted by atomic mass is 9.82. The average molecular weight is 478 g/mol. The van der Waals surface area contributed by atoms with E-state index < -0.39 is 23.5 Å². The molecule has 0 radical (unpaired) electrons. The third-order valence-corrected chi connectivity index (χ3v) is 7.01. The number of hydrogen-bond acceptors (Lipinski definition) is 5. The summed E-state index contributed by atoms with van der Waals surface area (Å²) in [5.41, 5.74) is 2.44. The minimum absolute atomic E-state index is 0.0921. The largest absolute Gasteiger partial charge is 0.494 e. The van der Waals surface area contributed by atoms with Crippen LogP contribution in [0.2, 0.25) is 0 Å². The topological polar surface area (TPSA) is 45.7 Å². The Hall–Kier alpha value is -3.16. The molecule has 182 valence electrons.